The van der Waals surface area contributed by atoms with Gasteiger partial charge in [-0.1, -0.05) is 0 Å². The van der Waals surface area contributed by atoms with Crippen LogP contribution in [0.3, 0.4) is 0 Å². The molecule has 0 unspecified atom stereocenters. The van der Waals surface area contributed by atoms with Crippen molar-refractivity contribution in [2.24, 2.45) is 5.41 Å². The number of carboxylic acid groups (broad SMARTS) is 1. The average molecular weight is 308 g/mol. The zero-order valence-electron chi connectivity index (χ0n) is 13.2. The van der Waals surface area contributed by atoms with E-state index in [1.807, 2.05) is 6.07 Å². The summed E-state index contributed by atoms with van der Waals surface area (Å²) in [6, 6.07) is 3.70. The molecule has 2 heterocycles. The van der Waals surface area contributed by atoms with Crippen molar-refractivity contribution < 1.29 is 19.4 Å². The molecule has 0 amide bonds. The predicted molar refractivity (Wildman–Crippen MR) is 81.9 cm³/mol. The number of carbonyl (C=O) groups is 1. The molecule has 1 aromatic rings. The molecule has 0 bridgehead atoms. The summed E-state index contributed by atoms with van der Waals surface area (Å²) in [4.78, 5) is 18.3. The van der Waals surface area contributed by atoms with Gasteiger partial charge in [-0.3, -0.25) is 14.7 Å². The molecular weight excluding hydrogens is 284 g/mol. The molecule has 0 saturated carbocycles. The Labute approximate surface area is 131 Å². The highest BCUT2D eigenvalue weighted by atomic mass is 16.5. The smallest absolute Gasteiger partial charge is 0.311 e. The highest BCUT2D eigenvalue weighted by Gasteiger charge is 2.42. The number of aliphatic carboxylic acids is 1. The lowest BCUT2D eigenvalue weighted by Gasteiger charge is -2.39. The maximum absolute atomic E-state index is 11.8. The topological polar surface area (TPSA) is 71.9 Å². The number of nitrogens with zero attached hydrogens (tertiary/aromatic N) is 2. The van der Waals surface area contributed by atoms with Crippen LogP contribution in [0.2, 0.25) is 0 Å². The Kier molecular flexibility index (Phi) is 5.74. The van der Waals surface area contributed by atoms with Crippen LogP contribution >= 0.6 is 0 Å². The maximum Gasteiger partial charge on any atom is 0.311 e. The monoisotopic (exact) mass is 308 g/mol. The van der Waals surface area contributed by atoms with E-state index in [0.29, 0.717) is 32.5 Å². The van der Waals surface area contributed by atoms with Crippen molar-refractivity contribution in [1.82, 2.24) is 9.88 Å². The number of hydrogen-bond donors (Lipinski definition) is 1. The number of carboxylic acids is 1. The molecule has 0 radical (unpaired) electrons. The van der Waals surface area contributed by atoms with E-state index in [2.05, 4.69) is 9.88 Å². The minimum Gasteiger partial charge on any atom is -0.497 e. The fourth-order valence-corrected chi connectivity index (χ4v) is 3.04. The van der Waals surface area contributed by atoms with Gasteiger partial charge in [0.25, 0.3) is 0 Å². The molecular formula is C16H24N2O4. The zero-order chi connectivity index (χ0) is 16.0. The summed E-state index contributed by atoms with van der Waals surface area (Å²) in [5, 5.41) is 9.66. The molecule has 1 atom stereocenters. The first-order valence-electron chi connectivity index (χ1n) is 7.53. The summed E-state index contributed by atoms with van der Waals surface area (Å²) in [6.07, 6.45) is 3.84. The Morgan fingerprint density at radius 3 is 3.00 bits per heavy atom. The largest absolute Gasteiger partial charge is 0.497 e. The van der Waals surface area contributed by atoms with E-state index in [4.69, 9.17) is 9.47 Å². The lowest BCUT2D eigenvalue weighted by molar-refractivity contribution is -0.154. The first-order chi connectivity index (χ1) is 10.6. The number of rotatable bonds is 7. The summed E-state index contributed by atoms with van der Waals surface area (Å²) in [5.41, 5.74) is 0.180. The normalized spacial score (nSPS) is 22.5. The zero-order valence-corrected chi connectivity index (χ0v) is 13.2. The van der Waals surface area contributed by atoms with Crippen LogP contribution < -0.4 is 4.74 Å². The van der Waals surface area contributed by atoms with E-state index >= 15 is 0 Å². The van der Waals surface area contributed by atoms with E-state index < -0.39 is 11.4 Å². The number of pyridine rings is 1. The Balaban J connectivity index is 2.06. The second-order valence-corrected chi connectivity index (χ2v) is 5.83. The molecule has 1 saturated heterocycles. The summed E-state index contributed by atoms with van der Waals surface area (Å²) in [6.45, 7) is 2.53. The first-order valence-corrected chi connectivity index (χ1v) is 7.53. The van der Waals surface area contributed by atoms with E-state index in [1.165, 1.54) is 0 Å². The molecule has 22 heavy (non-hydrogen) atoms. The molecule has 1 aromatic heterocycles. The molecule has 0 aromatic carbocycles. The molecule has 6 heteroatoms. The second-order valence-electron chi connectivity index (χ2n) is 5.83. The van der Waals surface area contributed by atoms with Crippen molar-refractivity contribution in [2.75, 3.05) is 33.9 Å². The van der Waals surface area contributed by atoms with Gasteiger partial charge < -0.3 is 14.6 Å². The molecule has 122 valence electrons. The molecule has 6 nitrogen and oxygen atoms in total. The summed E-state index contributed by atoms with van der Waals surface area (Å²) >= 11 is 0. The van der Waals surface area contributed by atoms with Crippen molar-refractivity contribution in [2.45, 2.75) is 25.8 Å². The molecule has 1 aliphatic rings. The van der Waals surface area contributed by atoms with Crippen molar-refractivity contribution in [1.29, 1.82) is 0 Å². The van der Waals surface area contributed by atoms with Crippen LogP contribution in [0.4, 0.5) is 0 Å². The lowest BCUT2D eigenvalue weighted by atomic mass is 9.77. The standard InChI is InChI=1S/C16H24N2O4/c1-21-9-6-16(15(19)20)5-3-8-18(12-16)11-13-10-14(22-2)4-7-17-13/h4,7,10H,3,5-6,8-9,11-12H2,1-2H3,(H,19,20)/t16-/m0/s1. The minimum atomic E-state index is -0.729. The van der Waals surface area contributed by atoms with Crippen LogP contribution in [0.15, 0.2) is 18.3 Å². The summed E-state index contributed by atoms with van der Waals surface area (Å²) in [5.74, 6) is 0.0405. The van der Waals surface area contributed by atoms with Gasteiger partial charge in [-0.2, -0.15) is 0 Å². The van der Waals surface area contributed by atoms with E-state index in [1.54, 1.807) is 26.5 Å². The number of piperidine rings is 1. The quantitative estimate of drug-likeness (QED) is 0.828. The van der Waals surface area contributed by atoms with Crippen LogP contribution in [0, 0.1) is 5.41 Å². The van der Waals surface area contributed by atoms with Gasteiger partial charge in [0.2, 0.25) is 0 Å². The SMILES string of the molecule is COCC[C@@]1(C(=O)O)CCCN(Cc2cc(OC)ccn2)C1. The molecule has 1 aliphatic heterocycles. The third-order valence-electron chi connectivity index (χ3n) is 4.30. The minimum absolute atomic E-state index is 0.470. The van der Waals surface area contributed by atoms with E-state index in [-0.39, 0.29) is 0 Å². The van der Waals surface area contributed by atoms with Crippen molar-refractivity contribution >= 4 is 5.97 Å². The van der Waals surface area contributed by atoms with E-state index in [0.717, 1.165) is 24.4 Å². The first kappa shape index (κ1) is 16.7. The Bertz CT molecular complexity index is 509. The fraction of sp³-hybridized carbons (Fsp3) is 0.625. The Morgan fingerprint density at radius 1 is 1.50 bits per heavy atom. The fourth-order valence-electron chi connectivity index (χ4n) is 3.04. The van der Waals surface area contributed by atoms with Gasteiger partial charge in [0.15, 0.2) is 0 Å². The number of hydrogen-bond acceptors (Lipinski definition) is 5. The molecule has 2 rings (SSSR count). The number of methoxy groups -OCH3 is 2. The van der Waals surface area contributed by atoms with Crippen LogP contribution in [-0.4, -0.2) is 54.9 Å². The number of ether oxygens (including phenoxy) is 2. The van der Waals surface area contributed by atoms with Gasteiger partial charge in [-0.05, 0) is 31.9 Å². The highest BCUT2D eigenvalue weighted by molar-refractivity contribution is 5.75. The molecule has 1 N–H and O–H groups in total. The van der Waals surface area contributed by atoms with Crippen LogP contribution in [0.1, 0.15) is 25.0 Å². The number of likely N-dealkylation sites (tertiary alicyclic amines) is 1. The second kappa shape index (κ2) is 7.56. The predicted octanol–water partition coefficient (Wildman–Crippen LogP) is 1.79. The molecule has 0 spiro atoms. The lowest BCUT2D eigenvalue weighted by Crippen LogP contribution is -2.48. The van der Waals surface area contributed by atoms with E-state index in [9.17, 15) is 9.90 Å². The maximum atomic E-state index is 11.8. The number of aromatic nitrogens is 1. The van der Waals surface area contributed by atoms with Crippen molar-refractivity contribution in [3.05, 3.63) is 24.0 Å². The Hall–Kier alpha value is -1.66. The third-order valence-corrected chi connectivity index (χ3v) is 4.30. The Morgan fingerprint density at radius 2 is 2.32 bits per heavy atom. The van der Waals surface area contributed by atoms with Crippen LogP contribution in [-0.2, 0) is 16.1 Å². The van der Waals surface area contributed by atoms with Gasteiger partial charge in [0.1, 0.15) is 5.75 Å². The van der Waals surface area contributed by atoms with Gasteiger partial charge in [-0.15, -0.1) is 0 Å². The van der Waals surface area contributed by atoms with Crippen molar-refractivity contribution in [3.63, 3.8) is 0 Å². The van der Waals surface area contributed by atoms with Gasteiger partial charge in [0.05, 0.1) is 18.2 Å². The highest BCUT2D eigenvalue weighted by Crippen LogP contribution is 2.34. The van der Waals surface area contributed by atoms with Gasteiger partial charge >= 0.3 is 5.97 Å². The van der Waals surface area contributed by atoms with Crippen LogP contribution in [0.5, 0.6) is 5.75 Å². The van der Waals surface area contributed by atoms with Gasteiger partial charge in [0, 0.05) is 39.1 Å². The van der Waals surface area contributed by atoms with Crippen molar-refractivity contribution in [3.8, 4) is 5.75 Å². The summed E-state index contributed by atoms with van der Waals surface area (Å²) < 4.78 is 10.3. The molecule has 0 aliphatic carbocycles. The van der Waals surface area contributed by atoms with Gasteiger partial charge in [-0.25, -0.2) is 0 Å². The molecule has 1 fully saturated rings. The summed E-state index contributed by atoms with van der Waals surface area (Å²) in [7, 11) is 3.23. The van der Waals surface area contributed by atoms with Crippen LogP contribution in [0.25, 0.3) is 0 Å². The third kappa shape index (κ3) is 3.96. The average Bonchev–Trinajstić information content (AvgIpc) is 2.53.